The van der Waals surface area contributed by atoms with Crippen LogP contribution in [0.25, 0.3) is 39.1 Å². The number of ether oxygens (including phenoxy) is 3. The number of amides is 1. The quantitative estimate of drug-likeness (QED) is 0.228. The van der Waals surface area contributed by atoms with Crippen LogP contribution < -0.4 is 19.5 Å². The second-order valence-electron chi connectivity index (χ2n) is 8.57. The molecular weight excluding hydrogens is 502 g/mol. The van der Waals surface area contributed by atoms with Crippen molar-refractivity contribution in [1.29, 1.82) is 0 Å². The summed E-state index contributed by atoms with van der Waals surface area (Å²) >= 11 is 5.93. The average Bonchev–Trinajstić information content (AvgIpc) is 3.33. The van der Waals surface area contributed by atoms with E-state index in [9.17, 15) is 4.79 Å². The third-order valence-corrected chi connectivity index (χ3v) is 6.48. The minimum Gasteiger partial charge on any atom is -0.493 e. The number of nitrogens with zero attached hydrogens (tertiary/aromatic N) is 1. The van der Waals surface area contributed by atoms with Gasteiger partial charge in [-0.05, 0) is 48.0 Å². The highest BCUT2D eigenvalue weighted by atomic mass is 35.5. The summed E-state index contributed by atoms with van der Waals surface area (Å²) in [5, 5.41) is 5.64. The van der Waals surface area contributed by atoms with Crippen LogP contribution in [0.3, 0.4) is 0 Å². The molecule has 0 spiro atoms. The van der Waals surface area contributed by atoms with Crippen LogP contribution in [-0.4, -0.2) is 37.2 Å². The third kappa shape index (κ3) is 5.01. The van der Waals surface area contributed by atoms with E-state index in [1.54, 1.807) is 39.5 Å². The maximum atomic E-state index is 12.6. The molecular formula is C30H26ClN3O4. The first-order chi connectivity index (χ1) is 18.5. The number of para-hydroxylation sites is 1. The Hall–Kier alpha value is -4.49. The Morgan fingerprint density at radius 3 is 2.34 bits per heavy atom. The number of methoxy groups -OCH3 is 3. The van der Waals surface area contributed by atoms with Gasteiger partial charge >= 0.3 is 0 Å². The lowest BCUT2D eigenvalue weighted by atomic mass is 10.1. The number of rotatable bonds is 8. The molecule has 0 aliphatic heterocycles. The largest absolute Gasteiger partial charge is 0.493 e. The number of benzene rings is 3. The van der Waals surface area contributed by atoms with Crippen molar-refractivity contribution in [2.45, 2.75) is 6.54 Å². The molecule has 0 radical (unpaired) electrons. The zero-order valence-corrected chi connectivity index (χ0v) is 21.9. The van der Waals surface area contributed by atoms with Gasteiger partial charge in [0.2, 0.25) is 11.7 Å². The van der Waals surface area contributed by atoms with Crippen LogP contribution >= 0.6 is 11.6 Å². The summed E-state index contributed by atoms with van der Waals surface area (Å²) in [6, 6.07) is 21.1. The van der Waals surface area contributed by atoms with Crippen LogP contribution in [0.4, 0.5) is 0 Å². The first-order valence-electron chi connectivity index (χ1n) is 11.9. The molecule has 0 aliphatic carbocycles. The molecule has 38 heavy (non-hydrogen) atoms. The Labute approximate surface area is 225 Å². The van der Waals surface area contributed by atoms with Crippen LogP contribution in [-0.2, 0) is 11.3 Å². The van der Waals surface area contributed by atoms with Crippen molar-refractivity contribution in [2.24, 2.45) is 0 Å². The van der Waals surface area contributed by atoms with Crippen molar-refractivity contribution in [3.8, 4) is 28.5 Å². The number of fused-ring (bicyclic) bond motifs is 3. The molecule has 0 bridgehead atoms. The first kappa shape index (κ1) is 25.2. The summed E-state index contributed by atoms with van der Waals surface area (Å²) in [4.78, 5) is 21.0. The number of pyridine rings is 1. The number of H-pyrrole nitrogens is 1. The Kier molecular flexibility index (Phi) is 7.20. The van der Waals surface area contributed by atoms with Gasteiger partial charge in [0.25, 0.3) is 0 Å². The molecule has 7 nitrogen and oxygen atoms in total. The van der Waals surface area contributed by atoms with Crippen molar-refractivity contribution in [3.05, 3.63) is 89.1 Å². The molecule has 2 heterocycles. The number of hydrogen-bond acceptors (Lipinski definition) is 5. The number of halogens is 1. The molecule has 0 saturated heterocycles. The van der Waals surface area contributed by atoms with E-state index in [0.717, 1.165) is 32.9 Å². The van der Waals surface area contributed by atoms with Crippen LogP contribution in [0, 0.1) is 0 Å². The van der Waals surface area contributed by atoms with Crippen LogP contribution in [0.5, 0.6) is 17.2 Å². The molecule has 0 atom stereocenters. The zero-order chi connectivity index (χ0) is 26.6. The monoisotopic (exact) mass is 527 g/mol. The lowest BCUT2D eigenvalue weighted by Gasteiger charge is -2.15. The van der Waals surface area contributed by atoms with E-state index < -0.39 is 0 Å². The van der Waals surface area contributed by atoms with Crippen molar-refractivity contribution >= 4 is 45.4 Å². The molecule has 0 unspecified atom stereocenters. The van der Waals surface area contributed by atoms with Gasteiger partial charge in [0.05, 0.1) is 44.8 Å². The van der Waals surface area contributed by atoms with E-state index in [-0.39, 0.29) is 12.5 Å². The smallest absolute Gasteiger partial charge is 0.244 e. The summed E-state index contributed by atoms with van der Waals surface area (Å²) < 4.78 is 16.6. The Balaban J connectivity index is 1.54. The van der Waals surface area contributed by atoms with E-state index in [0.29, 0.717) is 33.7 Å². The molecule has 0 fully saturated rings. The normalized spacial score (nSPS) is 11.3. The maximum absolute atomic E-state index is 12.6. The van der Waals surface area contributed by atoms with E-state index in [2.05, 4.69) is 16.4 Å². The number of nitrogens with one attached hydrogen (secondary N) is 2. The van der Waals surface area contributed by atoms with Gasteiger partial charge in [0.15, 0.2) is 11.5 Å². The fourth-order valence-electron chi connectivity index (χ4n) is 4.40. The lowest BCUT2D eigenvalue weighted by molar-refractivity contribution is -0.116. The van der Waals surface area contributed by atoms with Crippen molar-refractivity contribution in [3.63, 3.8) is 0 Å². The number of carbonyl (C=O) groups is 1. The maximum Gasteiger partial charge on any atom is 0.244 e. The first-order valence-corrected chi connectivity index (χ1v) is 12.3. The zero-order valence-electron chi connectivity index (χ0n) is 21.2. The highest BCUT2D eigenvalue weighted by Crippen LogP contribution is 2.42. The van der Waals surface area contributed by atoms with E-state index >= 15 is 0 Å². The molecule has 1 amide bonds. The van der Waals surface area contributed by atoms with Crippen molar-refractivity contribution in [1.82, 2.24) is 15.3 Å². The molecule has 5 rings (SSSR count). The predicted molar refractivity (Wildman–Crippen MR) is 151 cm³/mol. The highest BCUT2D eigenvalue weighted by Gasteiger charge is 2.19. The van der Waals surface area contributed by atoms with Crippen molar-refractivity contribution in [2.75, 3.05) is 21.3 Å². The standard InChI is InChI=1S/C30H26ClN3O4/c1-36-25-14-19(15-26(37-2)30(25)38-3)28-29-23(22-6-4-5-7-24(22)34-29)16-21(33-28)17-32-27(35)13-10-18-8-11-20(31)12-9-18/h4-16,34H,17H2,1-3H3,(H,32,35)/b13-10+. The van der Waals surface area contributed by atoms with Gasteiger partial charge < -0.3 is 24.5 Å². The van der Waals surface area contributed by atoms with Crippen LogP contribution in [0.2, 0.25) is 5.02 Å². The van der Waals surface area contributed by atoms with Crippen molar-refractivity contribution < 1.29 is 19.0 Å². The van der Waals surface area contributed by atoms with Crippen LogP contribution in [0.15, 0.2) is 72.8 Å². The van der Waals surface area contributed by atoms with E-state index in [1.165, 1.54) is 6.08 Å². The second kappa shape index (κ2) is 10.9. The average molecular weight is 528 g/mol. The Morgan fingerprint density at radius 2 is 1.66 bits per heavy atom. The summed E-state index contributed by atoms with van der Waals surface area (Å²) in [6.45, 7) is 0.247. The molecule has 8 heteroatoms. The topological polar surface area (TPSA) is 85.5 Å². The van der Waals surface area contributed by atoms with E-state index in [1.807, 2.05) is 48.5 Å². The minimum atomic E-state index is -0.227. The third-order valence-electron chi connectivity index (χ3n) is 6.23. The summed E-state index contributed by atoms with van der Waals surface area (Å²) in [5.41, 5.74) is 4.95. The van der Waals surface area contributed by atoms with Gasteiger partial charge in [0, 0.05) is 33.0 Å². The molecule has 0 saturated carbocycles. The number of aromatic nitrogens is 2. The number of aromatic amines is 1. The fraction of sp³-hybridized carbons (Fsp3) is 0.133. The molecule has 2 N–H and O–H groups in total. The summed E-state index contributed by atoms with van der Waals surface area (Å²) in [6.07, 6.45) is 3.23. The molecule has 0 aliphatic rings. The van der Waals surface area contributed by atoms with Gasteiger partial charge in [-0.15, -0.1) is 0 Å². The summed E-state index contributed by atoms with van der Waals surface area (Å²) in [5.74, 6) is 1.33. The predicted octanol–water partition coefficient (Wildman–Crippen LogP) is 6.39. The number of carbonyl (C=O) groups excluding carboxylic acids is 1. The molecule has 192 valence electrons. The molecule has 2 aromatic heterocycles. The fourth-order valence-corrected chi connectivity index (χ4v) is 4.52. The van der Waals surface area contributed by atoms with Gasteiger partial charge in [0.1, 0.15) is 0 Å². The summed E-state index contributed by atoms with van der Waals surface area (Å²) in [7, 11) is 4.73. The van der Waals surface area contributed by atoms with Gasteiger partial charge in [-0.3, -0.25) is 4.79 Å². The van der Waals surface area contributed by atoms with Gasteiger partial charge in [-0.2, -0.15) is 0 Å². The molecule has 3 aromatic carbocycles. The van der Waals surface area contributed by atoms with Gasteiger partial charge in [-0.1, -0.05) is 41.9 Å². The second-order valence-corrected chi connectivity index (χ2v) is 9.01. The SMILES string of the molecule is COc1cc(-c2nc(CNC(=O)/C=C/c3ccc(Cl)cc3)cc3c2[nH]c2ccccc23)cc(OC)c1OC. The highest BCUT2D eigenvalue weighted by molar-refractivity contribution is 6.30. The molecule has 5 aromatic rings. The lowest BCUT2D eigenvalue weighted by Crippen LogP contribution is -2.21. The Bertz CT molecular complexity index is 1630. The minimum absolute atomic E-state index is 0.227. The van der Waals surface area contributed by atoms with Crippen LogP contribution in [0.1, 0.15) is 11.3 Å². The van der Waals surface area contributed by atoms with E-state index in [4.69, 9.17) is 30.8 Å². The Morgan fingerprint density at radius 1 is 0.947 bits per heavy atom. The number of hydrogen-bond donors (Lipinski definition) is 2. The van der Waals surface area contributed by atoms with Gasteiger partial charge in [-0.25, -0.2) is 4.98 Å².